The standard InChI is InChI=1S/C17H20FN5/c1-14(11-22-7-6-19-13-22)8-20-9-15-10-21-23(12-15)17-4-2-16(18)3-5-17/h2-7,10,12-14,20H,8-9,11H2,1H3. The minimum absolute atomic E-state index is 0.241. The average molecular weight is 313 g/mol. The van der Waals surface area contributed by atoms with Gasteiger partial charge < -0.3 is 9.88 Å². The molecule has 0 fully saturated rings. The van der Waals surface area contributed by atoms with Crippen LogP contribution in [0, 0.1) is 11.7 Å². The number of aromatic nitrogens is 4. The Balaban J connectivity index is 1.48. The van der Waals surface area contributed by atoms with Gasteiger partial charge in [-0.1, -0.05) is 6.92 Å². The zero-order chi connectivity index (χ0) is 16.1. The van der Waals surface area contributed by atoms with E-state index in [1.807, 2.05) is 24.9 Å². The summed E-state index contributed by atoms with van der Waals surface area (Å²) in [6.07, 6.45) is 9.40. The zero-order valence-corrected chi connectivity index (χ0v) is 13.1. The van der Waals surface area contributed by atoms with E-state index in [9.17, 15) is 4.39 Å². The second-order valence-electron chi connectivity index (χ2n) is 5.77. The first-order valence-electron chi connectivity index (χ1n) is 7.66. The Morgan fingerprint density at radius 3 is 2.83 bits per heavy atom. The Morgan fingerprint density at radius 2 is 2.09 bits per heavy atom. The molecular weight excluding hydrogens is 293 g/mol. The normalized spacial score (nSPS) is 12.4. The molecule has 0 aliphatic heterocycles. The molecule has 3 rings (SSSR count). The molecule has 1 N–H and O–H groups in total. The molecule has 0 saturated carbocycles. The summed E-state index contributed by atoms with van der Waals surface area (Å²) in [5.74, 6) is 0.269. The van der Waals surface area contributed by atoms with E-state index < -0.39 is 0 Å². The molecule has 2 heterocycles. The Bertz CT molecular complexity index is 718. The van der Waals surface area contributed by atoms with Crippen molar-refractivity contribution in [1.29, 1.82) is 0 Å². The first kappa shape index (κ1) is 15.4. The van der Waals surface area contributed by atoms with Crippen molar-refractivity contribution in [3.63, 3.8) is 0 Å². The summed E-state index contributed by atoms with van der Waals surface area (Å²) in [6.45, 7) is 4.83. The molecule has 120 valence electrons. The van der Waals surface area contributed by atoms with Gasteiger partial charge in [0.1, 0.15) is 5.82 Å². The number of benzene rings is 1. The summed E-state index contributed by atoms with van der Waals surface area (Å²) in [6, 6.07) is 6.30. The summed E-state index contributed by atoms with van der Waals surface area (Å²) < 4.78 is 16.8. The molecule has 0 amide bonds. The molecule has 2 aromatic heterocycles. The first-order chi connectivity index (χ1) is 11.2. The fraction of sp³-hybridized carbons (Fsp3) is 0.294. The lowest BCUT2D eigenvalue weighted by molar-refractivity contribution is 0.445. The molecule has 0 spiro atoms. The van der Waals surface area contributed by atoms with E-state index in [0.29, 0.717) is 5.92 Å². The van der Waals surface area contributed by atoms with Crippen LogP contribution in [0.1, 0.15) is 12.5 Å². The molecule has 1 unspecified atom stereocenters. The number of imidazole rings is 1. The largest absolute Gasteiger partial charge is 0.337 e. The maximum Gasteiger partial charge on any atom is 0.123 e. The van der Waals surface area contributed by atoms with Gasteiger partial charge in [-0.3, -0.25) is 0 Å². The van der Waals surface area contributed by atoms with E-state index in [0.717, 1.165) is 30.9 Å². The fourth-order valence-corrected chi connectivity index (χ4v) is 2.47. The minimum Gasteiger partial charge on any atom is -0.337 e. The molecule has 3 aromatic rings. The molecule has 1 atom stereocenters. The van der Waals surface area contributed by atoms with Crippen LogP contribution in [-0.4, -0.2) is 25.9 Å². The number of halogens is 1. The van der Waals surface area contributed by atoms with Gasteiger partial charge in [-0.2, -0.15) is 5.10 Å². The Labute approximate surface area is 134 Å². The van der Waals surface area contributed by atoms with Crippen LogP contribution in [0.15, 0.2) is 55.4 Å². The van der Waals surface area contributed by atoms with Gasteiger partial charge in [0.05, 0.1) is 18.2 Å². The van der Waals surface area contributed by atoms with Gasteiger partial charge in [0.2, 0.25) is 0 Å². The van der Waals surface area contributed by atoms with Gasteiger partial charge in [-0.25, -0.2) is 14.1 Å². The summed E-state index contributed by atoms with van der Waals surface area (Å²) in [5, 5.41) is 7.76. The van der Waals surface area contributed by atoms with Crippen LogP contribution in [0.4, 0.5) is 4.39 Å². The fourth-order valence-electron chi connectivity index (χ4n) is 2.47. The van der Waals surface area contributed by atoms with E-state index in [1.54, 1.807) is 23.0 Å². The van der Waals surface area contributed by atoms with Gasteiger partial charge >= 0.3 is 0 Å². The second-order valence-corrected chi connectivity index (χ2v) is 5.77. The minimum atomic E-state index is -0.241. The number of hydrogen-bond acceptors (Lipinski definition) is 3. The van der Waals surface area contributed by atoms with Gasteiger partial charge in [0, 0.05) is 37.2 Å². The third-order valence-electron chi connectivity index (χ3n) is 3.63. The van der Waals surface area contributed by atoms with Crippen LogP contribution in [0.2, 0.25) is 0 Å². The second kappa shape index (κ2) is 7.19. The van der Waals surface area contributed by atoms with Crippen LogP contribution in [0.25, 0.3) is 5.69 Å². The maximum atomic E-state index is 12.9. The van der Waals surface area contributed by atoms with Gasteiger partial charge in [-0.05, 0) is 36.7 Å². The van der Waals surface area contributed by atoms with Crippen molar-refractivity contribution in [2.45, 2.75) is 20.0 Å². The molecule has 0 bridgehead atoms. The van der Waals surface area contributed by atoms with Crippen molar-refractivity contribution in [3.05, 3.63) is 66.8 Å². The predicted octanol–water partition coefficient (Wildman–Crippen LogP) is 2.63. The third-order valence-corrected chi connectivity index (χ3v) is 3.63. The molecule has 6 heteroatoms. The SMILES string of the molecule is CC(CNCc1cnn(-c2ccc(F)cc2)c1)Cn1ccnc1. The van der Waals surface area contributed by atoms with Crippen molar-refractivity contribution >= 4 is 0 Å². The number of nitrogens with zero attached hydrogens (tertiary/aromatic N) is 4. The van der Waals surface area contributed by atoms with Gasteiger partial charge in [0.25, 0.3) is 0 Å². The number of rotatable bonds is 7. The summed E-state index contributed by atoms with van der Waals surface area (Å²) >= 11 is 0. The van der Waals surface area contributed by atoms with Crippen molar-refractivity contribution < 1.29 is 4.39 Å². The summed E-state index contributed by atoms with van der Waals surface area (Å²) in [7, 11) is 0. The Kier molecular flexibility index (Phi) is 4.83. The average Bonchev–Trinajstić information content (AvgIpc) is 3.20. The molecule has 5 nitrogen and oxygen atoms in total. The lowest BCUT2D eigenvalue weighted by atomic mass is 10.2. The van der Waals surface area contributed by atoms with Gasteiger partial charge in [0.15, 0.2) is 0 Å². The lowest BCUT2D eigenvalue weighted by Crippen LogP contribution is -2.23. The van der Waals surface area contributed by atoms with Crippen LogP contribution in [0.3, 0.4) is 0 Å². The van der Waals surface area contributed by atoms with Crippen LogP contribution < -0.4 is 5.32 Å². The van der Waals surface area contributed by atoms with Crippen LogP contribution in [0.5, 0.6) is 0 Å². The molecule has 23 heavy (non-hydrogen) atoms. The highest BCUT2D eigenvalue weighted by Crippen LogP contribution is 2.09. The Hall–Kier alpha value is -2.47. The summed E-state index contributed by atoms with van der Waals surface area (Å²) in [5.41, 5.74) is 1.95. The van der Waals surface area contributed by atoms with Crippen molar-refractivity contribution in [3.8, 4) is 5.69 Å². The highest BCUT2D eigenvalue weighted by Gasteiger charge is 2.05. The van der Waals surface area contributed by atoms with Gasteiger partial charge in [-0.15, -0.1) is 0 Å². The molecule has 0 aliphatic rings. The molecule has 0 radical (unpaired) electrons. The van der Waals surface area contributed by atoms with Crippen molar-refractivity contribution in [2.75, 3.05) is 6.54 Å². The highest BCUT2D eigenvalue weighted by atomic mass is 19.1. The first-order valence-corrected chi connectivity index (χ1v) is 7.66. The van der Waals surface area contributed by atoms with Crippen LogP contribution in [-0.2, 0) is 13.1 Å². The smallest absolute Gasteiger partial charge is 0.123 e. The quantitative estimate of drug-likeness (QED) is 0.729. The monoisotopic (exact) mass is 313 g/mol. The van der Waals surface area contributed by atoms with Crippen molar-refractivity contribution in [2.24, 2.45) is 5.92 Å². The Morgan fingerprint density at radius 1 is 1.26 bits per heavy atom. The van der Waals surface area contributed by atoms with Crippen molar-refractivity contribution in [1.82, 2.24) is 24.6 Å². The number of hydrogen-bond donors (Lipinski definition) is 1. The molecular formula is C17H20FN5. The molecule has 0 saturated heterocycles. The van der Waals surface area contributed by atoms with E-state index in [4.69, 9.17) is 0 Å². The molecule has 1 aromatic carbocycles. The van der Waals surface area contributed by atoms with E-state index in [1.165, 1.54) is 12.1 Å². The highest BCUT2D eigenvalue weighted by molar-refractivity contribution is 5.31. The molecule has 0 aliphatic carbocycles. The van der Waals surface area contributed by atoms with E-state index in [-0.39, 0.29) is 5.82 Å². The third kappa shape index (κ3) is 4.26. The van der Waals surface area contributed by atoms with E-state index >= 15 is 0 Å². The van der Waals surface area contributed by atoms with E-state index in [2.05, 4.69) is 26.9 Å². The lowest BCUT2D eigenvalue weighted by Gasteiger charge is -2.12. The maximum absolute atomic E-state index is 12.9. The van der Waals surface area contributed by atoms with Crippen LogP contribution >= 0.6 is 0 Å². The summed E-state index contributed by atoms with van der Waals surface area (Å²) in [4.78, 5) is 4.05. The predicted molar refractivity (Wildman–Crippen MR) is 86.6 cm³/mol. The zero-order valence-electron chi connectivity index (χ0n) is 13.1. The number of nitrogens with one attached hydrogen (secondary N) is 1. The topological polar surface area (TPSA) is 47.7 Å².